The highest BCUT2D eigenvalue weighted by molar-refractivity contribution is 5.42. The molecule has 0 aliphatic carbocycles. The largest absolute Gasteiger partial charge is 0.355 e. The van der Waals surface area contributed by atoms with Crippen molar-refractivity contribution in [3.05, 3.63) is 23.9 Å². The third-order valence-corrected chi connectivity index (χ3v) is 4.54. The van der Waals surface area contributed by atoms with E-state index in [0.29, 0.717) is 6.04 Å². The molecule has 0 saturated carbocycles. The minimum absolute atomic E-state index is 0.187. The van der Waals surface area contributed by atoms with Gasteiger partial charge in [-0.15, -0.1) is 0 Å². The Balaban J connectivity index is 1.73. The Labute approximate surface area is 116 Å². The SMILES string of the molecule is CC(C)(C)c1ccc(N2C[C@@H]3CCCN[C@@H]3C2)nc1. The van der Waals surface area contributed by atoms with E-state index in [1.807, 2.05) is 6.20 Å². The van der Waals surface area contributed by atoms with Crippen molar-refractivity contribution in [2.24, 2.45) is 5.92 Å². The Morgan fingerprint density at radius 3 is 2.74 bits per heavy atom. The zero-order valence-corrected chi connectivity index (χ0v) is 12.3. The van der Waals surface area contributed by atoms with Gasteiger partial charge in [0.1, 0.15) is 5.82 Å². The predicted molar refractivity (Wildman–Crippen MR) is 79.7 cm³/mol. The number of rotatable bonds is 1. The van der Waals surface area contributed by atoms with Crippen LogP contribution in [0.5, 0.6) is 0 Å². The van der Waals surface area contributed by atoms with E-state index in [1.54, 1.807) is 0 Å². The highest BCUT2D eigenvalue weighted by Gasteiger charge is 2.34. The van der Waals surface area contributed by atoms with Crippen molar-refractivity contribution in [3.63, 3.8) is 0 Å². The molecule has 0 bridgehead atoms. The molecule has 0 amide bonds. The van der Waals surface area contributed by atoms with Crippen LogP contribution in [-0.2, 0) is 5.41 Å². The summed E-state index contributed by atoms with van der Waals surface area (Å²) < 4.78 is 0. The number of anilines is 1. The van der Waals surface area contributed by atoms with E-state index in [1.165, 1.54) is 31.5 Å². The van der Waals surface area contributed by atoms with Crippen LogP contribution >= 0.6 is 0 Å². The fraction of sp³-hybridized carbons (Fsp3) is 0.688. The maximum Gasteiger partial charge on any atom is 0.128 e. The molecule has 0 aromatic carbocycles. The third kappa shape index (κ3) is 2.62. The summed E-state index contributed by atoms with van der Waals surface area (Å²) in [6.45, 7) is 10.2. The molecule has 0 unspecified atom stereocenters. The zero-order valence-electron chi connectivity index (χ0n) is 12.3. The molecular formula is C16H25N3. The molecule has 1 N–H and O–H groups in total. The average molecular weight is 259 g/mol. The van der Waals surface area contributed by atoms with Gasteiger partial charge in [-0.1, -0.05) is 26.8 Å². The van der Waals surface area contributed by atoms with E-state index in [2.05, 4.69) is 48.1 Å². The average Bonchev–Trinajstić information content (AvgIpc) is 2.81. The molecule has 19 heavy (non-hydrogen) atoms. The second-order valence-corrected chi connectivity index (χ2v) is 7.02. The van der Waals surface area contributed by atoms with Crippen molar-refractivity contribution >= 4 is 5.82 Å². The van der Waals surface area contributed by atoms with Crippen LogP contribution in [0.15, 0.2) is 18.3 Å². The van der Waals surface area contributed by atoms with Gasteiger partial charge in [0.05, 0.1) is 0 Å². The molecule has 104 valence electrons. The van der Waals surface area contributed by atoms with Crippen LogP contribution in [0.4, 0.5) is 5.82 Å². The summed E-state index contributed by atoms with van der Waals surface area (Å²) in [7, 11) is 0. The molecule has 3 nitrogen and oxygen atoms in total. The number of piperidine rings is 1. The molecule has 1 aromatic heterocycles. The smallest absolute Gasteiger partial charge is 0.128 e. The van der Waals surface area contributed by atoms with Gasteiger partial charge >= 0.3 is 0 Å². The van der Waals surface area contributed by atoms with Crippen LogP contribution in [0, 0.1) is 5.92 Å². The number of nitrogens with one attached hydrogen (secondary N) is 1. The molecule has 3 heteroatoms. The van der Waals surface area contributed by atoms with Crippen LogP contribution in [0.3, 0.4) is 0 Å². The minimum atomic E-state index is 0.187. The van der Waals surface area contributed by atoms with Crippen molar-refractivity contribution in [3.8, 4) is 0 Å². The van der Waals surface area contributed by atoms with E-state index in [4.69, 9.17) is 0 Å². The van der Waals surface area contributed by atoms with Crippen LogP contribution in [0.25, 0.3) is 0 Å². The summed E-state index contributed by atoms with van der Waals surface area (Å²) in [5, 5.41) is 3.65. The maximum atomic E-state index is 4.68. The normalized spacial score (nSPS) is 27.4. The molecule has 2 aliphatic rings. The summed E-state index contributed by atoms with van der Waals surface area (Å²) in [6, 6.07) is 5.10. The molecule has 3 heterocycles. The van der Waals surface area contributed by atoms with Gasteiger partial charge in [-0.25, -0.2) is 4.98 Å². The molecule has 1 aromatic rings. The Morgan fingerprint density at radius 1 is 1.26 bits per heavy atom. The van der Waals surface area contributed by atoms with Gasteiger partial charge in [-0.05, 0) is 42.3 Å². The molecular weight excluding hydrogens is 234 g/mol. The first-order valence-corrected chi connectivity index (χ1v) is 7.49. The number of aromatic nitrogens is 1. The number of hydrogen-bond acceptors (Lipinski definition) is 3. The lowest BCUT2D eigenvalue weighted by molar-refractivity contribution is 0.340. The number of hydrogen-bond donors (Lipinski definition) is 1. The Morgan fingerprint density at radius 2 is 2.11 bits per heavy atom. The van der Waals surface area contributed by atoms with Gasteiger partial charge in [0.2, 0.25) is 0 Å². The van der Waals surface area contributed by atoms with Gasteiger partial charge in [-0.2, -0.15) is 0 Å². The van der Waals surface area contributed by atoms with Crippen molar-refractivity contribution < 1.29 is 0 Å². The second kappa shape index (κ2) is 4.78. The van der Waals surface area contributed by atoms with E-state index in [9.17, 15) is 0 Å². The van der Waals surface area contributed by atoms with Crippen molar-refractivity contribution in [2.75, 3.05) is 24.5 Å². The van der Waals surface area contributed by atoms with E-state index >= 15 is 0 Å². The van der Waals surface area contributed by atoms with Crippen molar-refractivity contribution in [1.29, 1.82) is 0 Å². The van der Waals surface area contributed by atoms with Gasteiger partial charge in [0, 0.05) is 25.3 Å². The minimum Gasteiger partial charge on any atom is -0.355 e. The molecule has 0 radical (unpaired) electrons. The Bertz CT molecular complexity index is 418. The number of fused-ring (bicyclic) bond motifs is 1. The van der Waals surface area contributed by atoms with Crippen molar-refractivity contribution in [1.82, 2.24) is 10.3 Å². The van der Waals surface area contributed by atoms with Gasteiger partial charge < -0.3 is 10.2 Å². The van der Waals surface area contributed by atoms with Gasteiger partial charge in [-0.3, -0.25) is 0 Å². The van der Waals surface area contributed by atoms with Crippen LogP contribution < -0.4 is 10.2 Å². The third-order valence-electron chi connectivity index (χ3n) is 4.54. The molecule has 0 spiro atoms. The Kier molecular flexibility index (Phi) is 3.25. The summed E-state index contributed by atoms with van der Waals surface area (Å²) in [6.07, 6.45) is 4.74. The Hall–Kier alpha value is -1.09. The van der Waals surface area contributed by atoms with Gasteiger partial charge in [0.25, 0.3) is 0 Å². The topological polar surface area (TPSA) is 28.2 Å². The first kappa shape index (κ1) is 12.9. The monoisotopic (exact) mass is 259 g/mol. The standard InChI is InChI=1S/C16H25N3/c1-16(2,3)13-6-7-15(18-9-13)19-10-12-5-4-8-17-14(12)11-19/h6-7,9,12,14,17H,4-5,8,10-11H2,1-3H3/t12-,14+/m0/s1. The van der Waals surface area contributed by atoms with E-state index in [0.717, 1.165) is 18.3 Å². The summed E-state index contributed by atoms with van der Waals surface area (Å²) in [5.41, 5.74) is 1.50. The van der Waals surface area contributed by atoms with Crippen molar-refractivity contribution in [2.45, 2.75) is 45.1 Å². The lowest BCUT2D eigenvalue weighted by Crippen LogP contribution is -2.40. The molecule has 2 aliphatic heterocycles. The first-order chi connectivity index (χ1) is 9.04. The number of nitrogens with zero attached hydrogens (tertiary/aromatic N) is 2. The second-order valence-electron chi connectivity index (χ2n) is 7.02. The first-order valence-electron chi connectivity index (χ1n) is 7.49. The molecule has 2 fully saturated rings. The molecule has 2 saturated heterocycles. The van der Waals surface area contributed by atoms with Gasteiger partial charge in [0.15, 0.2) is 0 Å². The highest BCUT2D eigenvalue weighted by Crippen LogP contribution is 2.29. The fourth-order valence-electron chi connectivity index (χ4n) is 3.25. The van der Waals surface area contributed by atoms with E-state index in [-0.39, 0.29) is 5.41 Å². The highest BCUT2D eigenvalue weighted by atomic mass is 15.2. The van der Waals surface area contributed by atoms with Crippen LogP contribution in [0.1, 0.15) is 39.2 Å². The summed E-state index contributed by atoms with van der Waals surface area (Å²) >= 11 is 0. The van der Waals surface area contributed by atoms with Crippen LogP contribution in [0.2, 0.25) is 0 Å². The summed E-state index contributed by atoms with van der Waals surface area (Å²) in [4.78, 5) is 7.13. The molecule has 2 atom stereocenters. The lowest BCUT2D eigenvalue weighted by atomic mass is 9.88. The zero-order chi connectivity index (χ0) is 13.5. The molecule has 3 rings (SSSR count). The summed E-state index contributed by atoms with van der Waals surface area (Å²) in [5.74, 6) is 1.96. The quantitative estimate of drug-likeness (QED) is 0.840. The predicted octanol–water partition coefficient (Wildman–Crippen LogP) is 2.57. The fourth-order valence-corrected chi connectivity index (χ4v) is 3.25. The lowest BCUT2D eigenvalue weighted by Gasteiger charge is -2.24. The van der Waals surface area contributed by atoms with E-state index < -0.39 is 0 Å². The van der Waals surface area contributed by atoms with Crippen LogP contribution in [-0.4, -0.2) is 30.7 Å². The maximum absolute atomic E-state index is 4.68. The number of pyridine rings is 1.